The summed E-state index contributed by atoms with van der Waals surface area (Å²) in [4.78, 5) is 24.6. The van der Waals surface area contributed by atoms with Crippen molar-refractivity contribution in [3.8, 4) is 0 Å². The highest BCUT2D eigenvalue weighted by atomic mass is 32.2. The Morgan fingerprint density at radius 1 is 1.33 bits per heavy atom. The number of carbonyl (C=O) groups excluding carboxylic acids is 1. The first-order valence-corrected chi connectivity index (χ1v) is 6.93. The van der Waals surface area contributed by atoms with Crippen molar-refractivity contribution >= 4 is 29.3 Å². The van der Waals surface area contributed by atoms with Crippen molar-refractivity contribution in [3.05, 3.63) is 30.3 Å². The van der Waals surface area contributed by atoms with Crippen LogP contribution in [0, 0.1) is 0 Å². The fraction of sp³-hybridized carbons (Fsp3) is 0.385. The molecule has 2 rings (SSSR count). The number of hydrogen-bond donors (Lipinski definition) is 1. The van der Waals surface area contributed by atoms with Crippen molar-refractivity contribution in [2.45, 2.75) is 18.1 Å². The van der Waals surface area contributed by atoms with Gasteiger partial charge in [0.15, 0.2) is 0 Å². The number of carboxylic acids is 1. The number of carbonyl (C=O) groups is 2. The summed E-state index contributed by atoms with van der Waals surface area (Å²) in [7, 11) is 0. The Bertz CT molecular complexity index is 429. The maximum absolute atomic E-state index is 12.3. The normalized spacial score (nSPS) is 18.6. The molecule has 1 atom stereocenters. The van der Waals surface area contributed by atoms with Crippen molar-refractivity contribution < 1.29 is 14.7 Å². The highest BCUT2D eigenvalue weighted by Crippen LogP contribution is 2.29. The Labute approximate surface area is 110 Å². The molecule has 1 saturated heterocycles. The predicted molar refractivity (Wildman–Crippen MR) is 71.9 cm³/mol. The van der Waals surface area contributed by atoms with Gasteiger partial charge in [0.25, 0.3) is 0 Å². The van der Waals surface area contributed by atoms with Gasteiger partial charge in [0, 0.05) is 5.69 Å². The number of anilines is 1. The van der Waals surface area contributed by atoms with Gasteiger partial charge in [-0.25, -0.2) is 0 Å². The minimum Gasteiger partial charge on any atom is -0.480 e. The van der Waals surface area contributed by atoms with E-state index in [-0.39, 0.29) is 17.7 Å². The van der Waals surface area contributed by atoms with E-state index in [1.54, 1.807) is 36.0 Å². The van der Waals surface area contributed by atoms with Crippen LogP contribution < -0.4 is 4.90 Å². The van der Waals surface area contributed by atoms with Crippen LogP contribution in [0.2, 0.25) is 0 Å². The number of rotatable bonds is 4. The van der Waals surface area contributed by atoms with Crippen LogP contribution in [0.5, 0.6) is 0 Å². The first-order chi connectivity index (χ1) is 8.68. The number of nitrogens with zero attached hydrogens (tertiary/aromatic N) is 1. The van der Waals surface area contributed by atoms with E-state index in [2.05, 4.69) is 0 Å². The van der Waals surface area contributed by atoms with Gasteiger partial charge in [0.2, 0.25) is 5.91 Å². The summed E-state index contributed by atoms with van der Waals surface area (Å²) in [6.07, 6.45) is 1.86. The molecule has 96 valence electrons. The van der Waals surface area contributed by atoms with Crippen LogP contribution in [0.15, 0.2) is 30.3 Å². The quantitative estimate of drug-likeness (QED) is 0.904. The fourth-order valence-corrected chi connectivity index (χ4v) is 3.21. The zero-order chi connectivity index (χ0) is 13.0. The van der Waals surface area contributed by atoms with E-state index >= 15 is 0 Å². The third-order valence-electron chi connectivity index (χ3n) is 2.83. The molecule has 0 saturated carbocycles. The Balaban J connectivity index is 2.19. The molecule has 0 aromatic heterocycles. The molecule has 1 amide bonds. The lowest BCUT2D eigenvalue weighted by molar-refractivity contribution is -0.136. The monoisotopic (exact) mass is 265 g/mol. The van der Waals surface area contributed by atoms with E-state index in [9.17, 15) is 9.59 Å². The summed E-state index contributed by atoms with van der Waals surface area (Å²) < 4.78 is 0. The van der Waals surface area contributed by atoms with Crippen molar-refractivity contribution in [1.29, 1.82) is 0 Å². The first-order valence-electron chi connectivity index (χ1n) is 5.88. The molecule has 5 heteroatoms. The fourth-order valence-electron chi connectivity index (χ4n) is 1.99. The Kier molecular flexibility index (Phi) is 4.25. The lowest BCUT2D eigenvalue weighted by Crippen LogP contribution is -2.40. The molecule has 1 aromatic rings. The minimum absolute atomic E-state index is 0.0916. The molecular weight excluding hydrogens is 250 g/mol. The van der Waals surface area contributed by atoms with E-state index in [0.717, 1.165) is 18.6 Å². The second-order valence-corrected chi connectivity index (χ2v) is 5.47. The smallest absolute Gasteiger partial charge is 0.323 e. The number of aliphatic carboxylic acids is 1. The Morgan fingerprint density at radius 2 is 2.06 bits per heavy atom. The van der Waals surface area contributed by atoms with Crippen LogP contribution in [0.1, 0.15) is 12.8 Å². The minimum atomic E-state index is -0.991. The van der Waals surface area contributed by atoms with Crippen molar-refractivity contribution in [3.63, 3.8) is 0 Å². The predicted octanol–water partition coefficient (Wildman–Crippen LogP) is 2.00. The van der Waals surface area contributed by atoms with E-state index in [1.807, 2.05) is 6.07 Å². The SMILES string of the molecule is O=C(O)CN(C(=O)C1CCCS1)c1ccccc1. The number of para-hydroxylation sites is 1. The largest absolute Gasteiger partial charge is 0.480 e. The average molecular weight is 265 g/mol. The molecule has 0 radical (unpaired) electrons. The molecule has 1 unspecified atom stereocenters. The van der Waals surface area contributed by atoms with Gasteiger partial charge < -0.3 is 10.0 Å². The van der Waals surface area contributed by atoms with Gasteiger partial charge in [0.1, 0.15) is 6.54 Å². The molecule has 18 heavy (non-hydrogen) atoms. The van der Waals surface area contributed by atoms with E-state index in [0.29, 0.717) is 5.69 Å². The van der Waals surface area contributed by atoms with Gasteiger partial charge in [-0.1, -0.05) is 18.2 Å². The Hall–Kier alpha value is -1.49. The van der Waals surface area contributed by atoms with E-state index in [1.165, 1.54) is 4.90 Å². The highest BCUT2D eigenvalue weighted by molar-refractivity contribution is 8.00. The molecule has 0 spiro atoms. The number of amides is 1. The van der Waals surface area contributed by atoms with Crippen LogP contribution in [0.25, 0.3) is 0 Å². The molecule has 1 N–H and O–H groups in total. The van der Waals surface area contributed by atoms with Crippen LogP contribution >= 0.6 is 11.8 Å². The van der Waals surface area contributed by atoms with Crippen LogP contribution in [0.3, 0.4) is 0 Å². The molecule has 0 aliphatic carbocycles. The lowest BCUT2D eigenvalue weighted by Gasteiger charge is -2.23. The number of carboxylic acid groups (broad SMARTS) is 1. The second kappa shape index (κ2) is 5.91. The molecule has 1 aliphatic rings. The van der Waals surface area contributed by atoms with Crippen LogP contribution in [0.4, 0.5) is 5.69 Å². The molecule has 1 fully saturated rings. The number of benzene rings is 1. The lowest BCUT2D eigenvalue weighted by atomic mass is 10.2. The zero-order valence-electron chi connectivity index (χ0n) is 9.91. The van der Waals surface area contributed by atoms with Crippen molar-refractivity contribution in [2.24, 2.45) is 0 Å². The molecule has 1 aromatic carbocycles. The Morgan fingerprint density at radius 3 is 2.61 bits per heavy atom. The van der Waals surface area contributed by atoms with Crippen molar-refractivity contribution in [1.82, 2.24) is 0 Å². The summed E-state index contributed by atoms with van der Waals surface area (Å²) in [6, 6.07) is 8.98. The standard InChI is InChI=1S/C13H15NO3S/c15-12(16)9-14(10-5-2-1-3-6-10)13(17)11-7-4-8-18-11/h1-3,5-6,11H,4,7-9H2,(H,15,16). The second-order valence-electron chi connectivity index (χ2n) is 4.16. The molecule has 1 heterocycles. The summed E-state index contributed by atoms with van der Waals surface area (Å²) in [5.74, 6) is -0.104. The molecule has 4 nitrogen and oxygen atoms in total. The maximum Gasteiger partial charge on any atom is 0.323 e. The molecule has 1 aliphatic heterocycles. The third kappa shape index (κ3) is 3.04. The van der Waals surface area contributed by atoms with Gasteiger partial charge in [-0.15, -0.1) is 11.8 Å². The summed E-state index contributed by atoms with van der Waals surface area (Å²) >= 11 is 1.62. The summed E-state index contributed by atoms with van der Waals surface area (Å²) in [5, 5.41) is 8.84. The zero-order valence-corrected chi connectivity index (χ0v) is 10.7. The number of hydrogen-bond acceptors (Lipinski definition) is 3. The van der Waals surface area contributed by atoms with Gasteiger partial charge in [-0.3, -0.25) is 9.59 Å². The van der Waals surface area contributed by atoms with Crippen molar-refractivity contribution in [2.75, 3.05) is 17.2 Å². The molecular formula is C13H15NO3S. The molecule has 0 bridgehead atoms. The van der Waals surface area contributed by atoms with Gasteiger partial charge in [-0.2, -0.15) is 0 Å². The van der Waals surface area contributed by atoms with Gasteiger partial charge in [0.05, 0.1) is 5.25 Å². The van der Waals surface area contributed by atoms with Gasteiger partial charge >= 0.3 is 5.97 Å². The maximum atomic E-state index is 12.3. The van der Waals surface area contributed by atoms with Crippen LogP contribution in [-0.4, -0.2) is 34.5 Å². The third-order valence-corrected chi connectivity index (χ3v) is 4.20. The van der Waals surface area contributed by atoms with E-state index in [4.69, 9.17) is 5.11 Å². The topological polar surface area (TPSA) is 57.6 Å². The van der Waals surface area contributed by atoms with Crippen LogP contribution in [-0.2, 0) is 9.59 Å². The van der Waals surface area contributed by atoms with E-state index < -0.39 is 5.97 Å². The van der Waals surface area contributed by atoms with Gasteiger partial charge in [-0.05, 0) is 30.7 Å². The summed E-state index contributed by atoms with van der Waals surface area (Å²) in [5.41, 5.74) is 0.650. The number of thioether (sulfide) groups is 1. The first kappa shape index (κ1) is 13.0. The summed E-state index contributed by atoms with van der Waals surface area (Å²) in [6.45, 7) is -0.278. The highest BCUT2D eigenvalue weighted by Gasteiger charge is 2.29. The average Bonchev–Trinajstić information content (AvgIpc) is 2.90.